The molecule has 0 aromatic carbocycles. The molecule has 1 saturated heterocycles. The summed E-state index contributed by atoms with van der Waals surface area (Å²) in [4.78, 5) is 11.9. The van der Waals surface area contributed by atoms with Gasteiger partial charge in [0.1, 0.15) is 0 Å². The maximum atomic E-state index is 12.4. The van der Waals surface area contributed by atoms with E-state index in [0.29, 0.717) is 19.6 Å². The summed E-state index contributed by atoms with van der Waals surface area (Å²) in [5, 5.41) is -0.140. The summed E-state index contributed by atoms with van der Waals surface area (Å²) >= 11 is 0. The fourth-order valence-electron chi connectivity index (χ4n) is 3.64. The first kappa shape index (κ1) is 12.6. The summed E-state index contributed by atoms with van der Waals surface area (Å²) in [6, 6.07) is 5.33. The highest BCUT2D eigenvalue weighted by atomic mass is 32.2. The van der Waals surface area contributed by atoms with E-state index >= 15 is 0 Å². The maximum Gasteiger partial charge on any atom is 0.250 e. The Labute approximate surface area is 118 Å². The summed E-state index contributed by atoms with van der Waals surface area (Å²) in [7, 11) is -3.10. The molecule has 2 bridgehead atoms. The van der Waals surface area contributed by atoms with Crippen molar-refractivity contribution in [3.05, 3.63) is 34.2 Å². The molecule has 0 N–H and O–H groups in total. The third kappa shape index (κ3) is 1.85. The van der Waals surface area contributed by atoms with Gasteiger partial charge in [-0.05, 0) is 31.2 Å². The van der Waals surface area contributed by atoms with Crippen LogP contribution in [-0.4, -0.2) is 35.6 Å². The maximum absolute atomic E-state index is 12.4. The van der Waals surface area contributed by atoms with Gasteiger partial charge in [-0.3, -0.25) is 4.79 Å². The molecule has 20 heavy (non-hydrogen) atoms. The fraction of sp³-hybridized carbons (Fsp3) is 0.643. The van der Waals surface area contributed by atoms with Crippen LogP contribution in [0.2, 0.25) is 0 Å². The average Bonchev–Trinajstić information content (AvgIpc) is 3.24. The highest BCUT2D eigenvalue weighted by Gasteiger charge is 2.45. The summed E-state index contributed by atoms with van der Waals surface area (Å²) < 4.78 is 28.3. The van der Waals surface area contributed by atoms with Crippen LogP contribution in [0.3, 0.4) is 0 Å². The first-order valence-corrected chi connectivity index (χ1v) is 8.75. The van der Waals surface area contributed by atoms with Gasteiger partial charge in [0.2, 0.25) is 10.0 Å². The molecule has 2 fully saturated rings. The van der Waals surface area contributed by atoms with Gasteiger partial charge >= 0.3 is 0 Å². The molecule has 1 aromatic rings. The predicted octanol–water partition coefficient (Wildman–Crippen LogP) is 0.760. The predicted molar refractivity (Wildman–Crippen MR) is 75.1 cm³/mol. The van der Waals surface area contributed by atoms with Crippen molar-refractivity contribution < 1.29 is 8.42 Å². The molecule has 3 heterocycles. The van der Waals surface area contributed by atoms with Crippen LogP contribution in [-0.2, 0) is 16.6 Å². The summed E-state index contributed by atoms with van der Waals surface area (Å²) in [6.45, 7) is 1.77. The van der Waals surface area contributed by atoms with E-state index in [1.165, 1.54) is 0 Å². The Bertz CT molecular complexity index is 705. The van der Waals surface area contributed by atoms with Crippen molar-refractivity contribution in [1.82, 2.24) is 8.87 Å². The first-order chi connectivity index (χ1) is 9.55. The molecule has 4 rings (SSSR count). The van der Waals surface area contributed by atoms with E-state index < -0.39 is 10.0 Å². The number of sulfonamides is 1. The SMILES string of the molecule is O=c1cccc2n1CC1CC2CN(S(=O)(=O)C2CC2)C1. The number of hydrogen-bond acceptors (Lipinski definition) is 3. The van der Waals surface area contributed by atoms with E-state index in [1.807, 2.05) is 10.6 Å². The number of rotatable bonds is 2. The van der Waals surface area contributed by atoms with Crippen LogP contribution in [0.25, 0.3) is 0 Å². The van der Waals surface area contributed by atoms with Crippen LogP contribution in [0, 0.1) is 5.92 Å². The first-order valence-electron chi connectivity index (χ1n) is 7.24. The van der Waals surface area contributed by atoms with Crippen molar-refractivity contribution >= 4 is 10.0 Å². The van der Waals surface area contributed by atoms with Gasteiger partial charge in [0.05, 0.1) is 5.25 Å². The number of nitrogens with zero attached hydrogens (tertiary/aromatic N) is 2. The minimum absolute atomic E-state index is 0.0377. The van der Waals surface area contributed by atoms with Gasteiger partial charge in [-0.2, -0.15) is 0 Å². The third-order valence-corrected chi connectivity index (χ3v) is 7.08. The molecule has 0 spiro atoms. The second-order valence-electron chi connectivity index (χ2n) is 6.26. The number of pyridine rings is 1. The Hall–Kier alpha value is -1.14. The Balaban J connectivity index is 1.70. The topological polar surface area (TPSA) is 59.4 Å². The molecule has 1 saturated carbocycles. The summed E-state index contributed by atoms with van der Waals surface area (Å²) in [5.74, 6) is 0.444. The van der Waals surface area contributed by atoms with Gasteiger partial charge in [-0.1, -0.05) is 6.07 Å². The van der Waals surface area contributed by atoms with Crippen molar-refractivity contribution in [3.63, 3.8) is 0 Å². The zero-order chi connectivity index (χ0) is 13.9. The number of piperidine rings is 1. The van der Waals surface area contributed by atoms with Gasteiger partial charge in [0.25, 0.3) is 5.56 Å². The monoisotopic (exact) mass is 294 g/mol. The van der Waals surface area contributed by atoms with E-state index in [0.717, 1.165) is 25.0 Å². The number of fused-ring (bicyclic) bond motifs is 4. The number of aromatic nitrogens is 1. The van der Waals surface area contributed by atoms with Crippen molar-refractivity contribution in [2.45, 2.75) is 37.0 Å². The average molecular weight is 294 g/mol. The molecule has 2 atom stereocenters. The largest absolute Gasteiger partial charge is 0.312 e. The Kier molecular flexibility index (Phi) is 2.63. The smallest absolute Gasteiger partial charge is 0.250 e. The van der Waals surface area contributed by atoms with Crippen molar-refractivity contribution in [3.8, 4) is 0 Å². The van der Waals surface area contributed by atoms with E-state index in [4.69, 9.17) is 0 Å². The fourth-order valence-corrected chi connectivity index (χ4v) is 5.60. The van der Waals surface area contributed by atoms with E-state index in [2.05, 4.69) is 0 Å². The second kappa shape index (κ2) is 4.18. The van der Waals surface area contributed by atoms with Gasteiger partial charge in [-0.15, -0.1) is 0 Å². The molecule has 2 aliphatic heterocycles. The molecule has 108 valence electrons. The molecule has 3 aliphatic rings. The summed E-state index contributed by atoms with van der Waals surface area (Å²) in [5.41, 5.74) is 1.04. The Morgan fingerprint density at radius 2 is 1.90 bits per heavy atom. The van der Waals surface area contributed by atoms with Gasteiger partial charge in [-0.25, -0.2) is 12.7 Å². The van der Waals surface area contributed by atoms with E-state index in [-0.39, 0.29) is 22.6 Å². The van der Waals surface area contributed by atoms with Crippen LogP contribution in [0.1, 0.15) is 30.9 Å². The molecule has 1 aromatic heterocycles. The highest BCUT2D eigenvalue weighted by molar-refractivity contribution is 7.90. The number of hydrogen-bond donors (Lipinski definition) is 0. The van der Waals surface area contributed by atoms with Gasteiger partial charge in [0.15, 0.2) is 0 Å². The molecule has 0 radical (unpaired) electrons. The normalized spacial score (nSPS) is 30.0. The molecule has 0 amide bonds. The lowest BCUT2D eigenvalue weighted by Gasteiger charge is -2.42. The zero-order valence-corrected chi connectivity index (χ0v) is 12.1. The molecule has 1 aliphatic carbocycles. The lowest BCUT2D eigenvalue weighted by atomic mass is 9.84. The Morgan fingerprint density at radius 1 is 1.10 bits per heavy atom. The standard InChI is InChI=1S/C14H18N2O3S/c17-14-3-1-2-13-11-6-10(8-16(13)14)7-15(9-11)20(18,19)12-4-5-12/h1-3,10-12H,4-9H2. The molecule has 2 unspecified atom stereocenters. The van der Waals surface area contributed by atoms with Crippen LogP contribution >= 0.6 is 0 Å². The minimum Gasteiger partial charge on any atom is -0.312 e. The lowest BCUT2D eigenvalue weighted by Crippen LogP contribution is -2.49. The van der Waals surface area contributed by atoms with Gasteiger partial charge in [0, 0.05) is 37.3 Å². The highest BCUT2D eigenvalue weighted by Crippen LogP contribution is 2.39. The molecular formula is C14H18N2O3S. The minimum atomic E-state index is -3.10. The lowest BCUT2D eigenvalue weighted by molar-refractivity contribution is 0.186. The second-order valence-corrected chi connectivity index (χ2v) is 8.47. The Morgan fingerprint density at radius 3 is 2.65 bits per heavy atom. The van der Waals surface area contributed by atoms with E-state index in [9.17, 15) is 13.2 Å². The molecule has 5 nitrogen and oxygen atoms in total. The van der Waals surface area contributed by atoms with Crippen LogP contribution in [0.4, 0.5) is 0 Å². The molecule has 6 heteroatoms. The van der Waals surface area contributed by atoms with E-state index in [1.54, 1.807) is 16.4 Å². The van der Waals surface area contributed by atoms with Crippen molar-refractivity contribution in [2.75, 3.05) is 13.1 Å². The van der Waals surface area contributed by atoms with Crippen LogP contribution in [0.15, 0.2) is 23.0 Å². The van der Waals surface area contributed by atoms with Crippen LogP contribution in [0.5, 0.6) is 0 Å². The molecular weight excluding hydrogens is 276 g/mol. The van der Waals surface area contributed by atoms with Gasteiger partial charge < -0.3 is 4.57 Å². The third-order valence-electron chi connectivity index (χ3n) is 4.75. The van der Waals surface area contributed by atoms with Crippen molar-refractivity contribution in [2.24, 2.45) is 5.92 Å². The van der Waals surface area contributed by atoms with Crippen molar-refractivity contribution in [1.29, 1.82) is 0 Å². The van der Waals surface area contributed by atoms with Crippen LogP contribution < -0.4 is 5.56 Å². The quantitative estimate of drug-likeness (QED) is 0.809. The zero-order valence-electron chi connectivity index (χ0n) is 11.2. The summed E-state index contributed by atoms with van der Waals surface area (Å²) in [6.07, 6.45) is 2.62.